The van der Waals surface area contributed by atoms with Gasteiger partial charge >= 0.3 is 0 Å². The summed E-state index contributed by atoms with van der Waals surface area (Å²) in [6, 6.07) is 4.75. The number of ether oxygens (including phenoxy) is 1. The Kier molecular flexibility index (Phi) is 5.63. The number of likely N-dealkylation sites (N-methyl/N-ethyl adjacent to an activating group) is 1. The summed E-state index contributed by atoms with van der Waals surface area (Å²) >= 11 is 1.83. The van der Waals surface area contributed by atoms with Gasteiger partial charge in [-0.2, -0.15) is 0 Å². The molecule has 0 bridgehead atoms. The summed E-state index contributed by atoms with van der Waals surface area (Å²) in [7, 11) is 2.04. The molecule has 4 heteroatoms. The Balaban J connectivity index is 1.90. The molecule has 0 amide bonds. The highest BCUT2D eigenvalue weighted by atomic mass is 32.1. The van der Waals surface area contributed by atoms with Gasteiger partial charge in [-0.3, -0.25) is 4.90 Å². The van der Waals surface area contributed by atoms with Crippen molar-refractivity contribution in [1.29, 1.82) is 0 Å². The van der Waals surface area contributed by atoms with Crippen molar-refractivity contribution in [3.63, 3.8) is 0 Å². The largest absolute Gasteiger partial charge is 0.374 e. The van der Waals surface area contributed by atoms with Crippen LogP contribution in [0.3, 0.4) is 0 Å². The van der Waals surface area contributed by atoms with Gasteiger partial charge in [-0.25, -0.2) is 0 Å². The number of rotatable bonds is 6. The zero-order valence-electron chi connectivity index (χ0n) is 11.4. The second-order valence-electron chi connectivity index (χ2n) is 4.89. The molecule has 1 aliphatic heterocycles. The van der Waals surface area contributed by atoms with Crippen molar-refractivity contribution >= 4 is 11.3 Å². The topological polar surface area (TPSA) is 24.5 Å². The molecule has 18 heavy (non-hydrogen) atoms. The monoisotopic (exact) mass is 268 g/mol. The van der Waals surface area contributed by atoms with E-state index in [-0.39, 0.29) is 0 Å². The lowest BCUT2D eigenvalue weighted by molar-refractivity contribution is -0.0449. The van der Waals surface area contributed by atoms with Crippen LogP contribution in [0.25, 0.3) is 0 Å². The second kappa shape index (κ2) is 7.24. The average Bonchev–Trinajstić information content (AvgIpc) is 2.89. The molecule has 1 aromatic heterocycles. The van der Waals surface area contributed by atoms with Gasteiger partial charge in [-0.15, -0.1) is 11.3 Å². The molecule has 2 rings (SSSR count). The van der Waals surface area contributed by atoms with Gasteiger partial charge in [-0.1, -0.05) is 13.0 Å². The third-order valence-corrected chi connectivity index (χ3v) is 4.44. The number of morpholine rings is 1. The van der Waals surface area contributed by atoms with Crippen molar-refractivity contribution in [2.75, 3.05) is 33.3 Å². The van der Waals surface area contributed by atoms with Gasteiger partial charge in [0, 0.05) is 24.0 Å². The molecule has 2 heterocycles. The van der Waals surface area contributed by atoms with E-state index >= 15 is 0 Å². The van der Waals surface area contributed by atoms with Crippen LogP contribution in [-0.4, -0.2) is 50.3 Å². The highest BCUT2D eigenvalue weighted by Crippen LogP contribution is 2.16. The molecule has 1 aromatic rings. The van der Waals surface area contributed by atoms with Gasteiger partial charge in [0.2, 0.25) is 0 Å². The third kappa shape index (κ3) is 3.79. The average molecular weight is 268 g/mol. The van der Waals surface area contributed by atoms with Crippen LogP contribution in [0.1, 0.15) is 18.2 Å². The van der Waals surface area contributed by atoms with Gasteiger partial charge in [-0.05, 0) is 37.9 Å². The zero-order valence-corrected chi connectivity index (χ0v) is 12.2. The molecule has 2 unspecified atom stereocenters. The molecule has 0 aliphatic carbocycles. The van der Waals surface area contributed by atoms with Crippen LogP contribution in [0, 0.1) is 0 Å². The molecular weight excluding hydrogens is 244 g/mol. The third-order valence-electron chi connectivity index (χ3n) is 3.54. The highest BCUT2D eigenvalue weighted by Gasteiger charge is 2.27. The van der Waals surface area contributed by atoms with Gasteiger partial charge in [0.25, 0.3) is 0 Å². The van der Waals surface area contributed by atoms with E-state index in [2.05, 4.69) is 34.7 Å². The Morgan fingerprint density at radius 2 is 2.50 bits per heavy atom. The predicted molar refractivity (Wildman–Crippen MR) is 77.3 cm³/mol. The molecular formula is C14H24N2OS. The fraction of sp³-hybridized carbons (Fsp3) is 0.714. The number of nitrogens with one attached hydrogen (secondary N) is 1. The van der Waals surface area contributed by atoms with E-state index in [0.29, 0.717) is 12.1 Å². The van der Waals surface area contributed by atoms with Crippen LogP contribution in [0.2, 0.25) is 0 Å². The normalized spacial score (nSPS) is 23.1. The van der Waals surface area contributed by atoms with Gasteiger partial charge in [0.15, 0.2) is 0 Å². The van der Waals surface area contributed by atoms with E-state index in [1.165, 1.54) is 17.8 Å². The summed E-state index contributed by atoms with van der Waals surface area (Å²) in [5.41, 5.74) is 0. The van der Waals surface area contributed by atoms with Crippen LogP contribution in [0.15, 0.2) is 17.5 Å². The number of nitrogens with zero attached hydrogens (tertiary/aromatic N) is 1. The van der Waals surface area contributed by atoms with Crippen molar-refractivity contribution in [2.45, 2.75) is 31.9 Å². The molecule has 3 nitrogen and oxygen atoms in total. The van der Waals surface area contributed by atoms with Gasteiger partial charge in [0.1, 0.15) is 0 Å². The van der Waals surface area contributed by atoms with Crippen molar-refractivity contribution in [1.82, 2.24) is 10.2 Å². The fourth-order valence-electron chi connectivity index (χ4n) is 2.56. The molecule has 1 aliphatic rings. The first-order valence-electron chi connectivity index (χ1n) is 6.87. The van der Waals surface area contributed by atoms with Crippen LogP contribution in [0.4, 0.5) is 0 Å². The SMILES string of the molecule is CCCN1CCOC(C(Cc2cccs2)NC)C1. The van der Waals surface area contributed by atoms with Gasteiger partial charge < -0.3 is 10.1 Å². The Morgan fingerprint density at radius 3 is 3.17 bits per heavy atom. The first kappa shape index (κ1) is 14.0. The standard InChI is InChI=1S/C14H24N2OS/c1-3-6-16-7-8-17-14(11-16)13(15-2)10-12-5-4-9-18-12/h4-5,9,13-15H,3,6-8,10-11H2,1-2H3. The molecule has 0 spiro atoms. The summed E-state index contributed by atoms with van der Waals surface area (Å²) in [5.74, 6) is 0. The van der Waals surface area contributed by atoms with E-state index in [4.69, 9.17) is 4.74 Å². The van der Waals surface area contributed by atoms with E-state index in [1.807, 2.05) is 18.4 Å². The molecule has 102 valence electrons. The summed E-state index contributed by atoms with van der Waals surface area (Å²) in [5, 5.41) is 5.57. The minimum atomic E-state index is 0.317. The van der Waals surface area contributed by atoms with Crippen molar-refractivity contribution < 1.29 is 4.74 Å². The highest BCUT2D eigenvalue weighted by molar-refractivity contribution is 7.09. The maximum absolute atomic E-state index is 5.96. The van der Waals surface area contributed by atoms with E-state index < -0.39 is 0 Å². The minimum Gasteiger partial charge on any atom is -0.374 e. The predicted octanol–water partition coefficient (Wildman–Crippen LogP) is 1.99. The van der Waals surface area contributed by atoms with Crippen LogP contribution in [0.5, 0.6) is 0 Å². The Hall–Kier alpha value is -0.420. The molecule has 1 N–H and O–H groups in total. The number of thiophene rings is 1. The summed E-state index contributed by atoms with van der Waals surface area (Å²) < 4.78 is 5.96. The Labute approximate surface area is 114 Å². The first-order chi connectivity index (χ1) is 8.83. The van der Waals surface area contributed by atoms with E-state index in [1.54, 1.807) is 0 Å². The summed E-state index contributed by atoms with van der Waals surface area (Å²) in [6.07, 6.45) is 2.61. The summed E-state index contributed by atoms with van der Waals surface area (Å²) in [4.78, 5) is 3.96. The lowest BCUT2D eigenvalue weighted by Crippen LogP contribution is -2.52. The van der Waals surface area contributed by atoms with Crippen molar-refractivity contribution in [3.8, 4) is 0 Å². The molecule has 0 aromatic carbocycles. The van der Waals surface area contributed by atoms with Crippen molar-refractivity contribution in [2.24, 2.45) is 0 Å². The first-order valence-corrected chi connectivity index (χ1v) is 7.75. The van der Waals surface area contributed by atoms with Crippen LogP contribution < -0.4 is 5.32 Å². The van der Waals surface area contributed by atoms with Crippen LogP contribution >= 0.6 is 11.3 Å². The number of hydrogen-bond acceptors (Lipinski definition) is 4. The molecule has 2 atom stereocenters. The quantitative estimate of drug-likeness (QED) is 0.854. The minimum absolute atomic E-state index is 0.317. The van der Waals surface area contributed by atoms with E-state index in [9.17, 15) is 0 Å². The number of hydrogen-bond donors (Lipinski definition) is 1. The maximum atomic E-state index is 5.96. The maximum Gasteiger partial charge on any atom is 0.0858 e. The lowest BCUT2D eigenvalue weighted by atomic mass is 10.0. The lowest BCUT2D eigenvalue weighted by Gasteiger charge is -2.36. The Bertz CT molecular complexity index is 327. The fourth-order valence-corrected chi connectivity index (χ4v) is 3.32. The second-order valence-corrected chi connectivity index (χ2v) is 5.92. The van der Waals surface area contributed by atoms with Gasteiger partial charge in [0.05, 0.1) is 12.7 Å². The molecule has 1 fully saturated rings. The molecule has 1 saturated heterocycles. The van der Waals surface area contributed by atoms with Crippen LogP contribution in [-0.2, 0) is 11.2 Å². The Morgan fingerprint density at radius 1 is 1.61 bits per heavy atom. The van der Waals surface area contributed by atoms with E-state index in [0.717, 1.165) is 26.1 Å². The molecule has 0 radical (unpaired) electrons. The summed E-state index contributed by atoms with van der Waals surface area (Å²) in [6.45, 7) is 6.44. The van der Waals surface area contributed by atoms with Crippen molar-refractivity contribution in [3.05, 3.63) is 22.4 Å². The smallest absolute Gasteiger partial charge is 0.0858 e. The zero-order chi connectivity index (χ0) is 12.8. The molecule has 0 saturated carbocycles.